The van der Waals surface area contributed by atoms with Crippen LogP contribution in [0.25, 0.3) is 0 Å². The molecule has 0 amide bonds. The van der Waals surface area contributed by atoms with Crippen molar-refractivity contribution in [2.45, 2.75) is 38.8 Å². The van der Waals surface area contributed by atoms with Crippen LogP contribution in [0.2, 0.25) is 0 Å². The molecule has 0 radical (unpaired) electrons. The monoisotopic (exact) mass is 268 g/mol. The van der Waals surface area contributed by atoms with Crippen LogP contribution < -0.4 is 15.8 Å². The van der Waals surface area contributed by atoms with Crippen LogP contribution in [0.5, 0.6) is 5.75 Å². The van der Waals surface area contributed by atoms with Crippen molar-refractivity contribution in [3.8, 4) is 5.75 Å². The molecule has 4 nitrogen and oxygen atoms in total. The Bertz CT molecular complexity index is 467. The summed E-state index contributed by atoms with van der Waals surface area (Å²) in [5.41, 5.74) is 6.73. The molecule has 1 heterocycles. The molecule has 1 aliphatic rings. The van der Waals surface area contributed by atoms with Gasteiger partial charge in [-0.05, 0) is 27.2 Å². The van der Waals surface area contributed by atoms with Gasteiger partial charge in [0.25, 0.3) is 0 Å². The van der Waals surface area contributed by atoms with E-state index in [-0.39, 0.29) is 17.4 Å². The molecule has 1 aliphatic heterocycles. The highest BCUT2D eigenvalue weighted by molar-refractivity contribution is 5.69. The van der Waals surface area contributed by atoms with Crippen molar-refractivity contribution in [2.24, 2.45) is 0 Å². The van der Waals surface area contributed by atoms with E-state index in [9.17, 15) is 4.39 Å². The van der Waals surface area contributed by atoms with Crippen LogP contribution >= 0.6 is 0 Å². The van der Waals surface area contributed by atoms with Gasteiger partial charge < -0.3 is 20.5 Å². The highest BCUT2D eigenvalue weighted by Gasteiger charge is 2.37. The van der Waals surface area contributed by atoms with Gasteiger partial charge in [-0.1, -0.05) is 0 Å². The van der Waals surface area contributed by atoms with E-state index in [1.54, 1.807) is 6.07 Å². The molecule has 0 spiro atoms. The third-order valence-corrected chi connectivity index (χ3v) is 3.71. The smallest absolute Gasteiger partial charge is 0.167 e. The van der Waals surface area contributed by atoms with Crippen molar-refractivity contribution in [3.63, 3.8) is 0 Å². The van der Waals surface area contributed by atoms with Crippen molar-refractivity contribution in [3.05, 3.63) is 17.9 Å². The van der Waals surface area contributed by atoms with E-state index in [1.807, 2.05) is 13.8 Å². The van der Waals surface area contributed by atoms with Crippen LogP contribution in [0.15, 0.2) is 12.1 Å². The number of rotatable bonds is 4. The molecular formula is C14H21FN2O2. The number of hydrogen-bond acceptors (Lipinski definition) is 4. The minimum absolute atomic E-state index is 0.0764. The fourth-order valence-corrected chi connectivity index (χ4v) is 2.25. The second kappa shape index (κ2) is 5.25. The van der Waals surface area contributed by atoms with Gasteiger partial charge in [0, 0.05) is 18.7 Å². The van der Waals surface area contributed by atoms with Crippen LogP contribution in [-0.2, 0) is 4.74 Å². The Kier molecular flexibility index (Phi) is 3.85. The molecule has 1 aromatic carbocycles. The summed E-state index contributed by atoms with van der Waals surface area (Å²) >= 11 is 0. The Morgan fingerprint density at radius 1 is 1.58 bits per heavy atom. The lowest BCUT2D eigenvalue weighted by molar-refractivity contribution is 0.105. The lowest BCUT2D eigenvalue weighted by Gasteiger charge is -2.31. The Labute approximate surface area is 113 Å². The topological polar surface area (TPSA) is 56.5 Å². The minimum Gasteiger partial charge on any atom is -0.491 e. The van der Waals surface area contributed by atoms with E-state index in [2.05, 4.69) is 12.2 Å². The Morgan fingerprint density at radius 2 is 2.32 bits per heavy atom. The molecule has 1 saturated heterocycles. The first-order chi connectivity index (χ1) is 8.96. The van der Waals surface area contributed by atoms with Gasteiger partial charge in [0.15, 0.2) is 11.6 Å². The molecule has 2 unspecified atom stereocenters. The summed E-state index contributed by atoms with van der Waals surface area (Å²) in [5, 5.41) is 3.36. The van der Waals surface area contributed by atoms with E-state index in [4.69, 9.17) is 15.2 Å². The fraction of sp³-hybridized carbons (Fsp3) is 0.571. The van der Waals surface area contributed by atoms with E-state index >= 15 is 0 Å². The number of hydrogen-bond donors (Lipinski definition) is 2. The van der Waals surface area contributed by atoms with E-state index in [0.717, 1.165) is 6.42 Å². The summed E-state index contributed by atoms with van der Waals surface area (Å²) in [5.74, 6) is -0.222. The molecule has 0 aromatic heterocycles. The van der Waals surface area contributed by atoms with Gasteiger partial charge in [0.05, 0.1) is 29.6 Å². The summed E-state index contributed by atoms with van der Waals surface area (Å²) in [7, 11) is 0. The number of ether oxygens (including phenoxy) is 2. The first-order valence-corrected chi connectivity index (χ1v) is 6.58. The summed E-state index contributed by atoms with van der Waals surface area (Å²) in [4.78, 5) is 0. The molecule has 1 fully saturated rings. The number of nitrogens with one attached hydrogen (secondary N) is 1. The van der Waals surface area contributed by atoms with E-state index in [1.165, 1.54) is 6.07 Å². The molecule has 3 N–H and O–H groups in total. The summed E-state index contributed by atoms with van der Waals surface area (Å²) in [6.07, 6.45) is 0.960. The second-order valence-electron chi connectivity index (χ2n) is 5.11. The first-order valence-electron chi connectivity index (χ1n) is 6.58. The largest absolute Gasteiger partial charge is 0.491 e. The van der Waals surface area contributed by atoms with Crippen molar-refractivity contribution in [2.75, 3.05) is 24.3 Å². The van der Waals surface area contributed by atoms with Crippen molar-refractivity contribution < 1.29 is 13.9 Å². The van der Waals surface area contributed by atoms with Crippen molar-refractivity contribution in [1.82, 2.24) is 0 Å². The van der Waals surface area contributed by atoms with Crippen LogP contribution in [0.1, 0.15) is 27.2 Å². The first kappa shape index (κ1) is 13.9. The molecule has 0 bridgehead atoms. The summed E-state index contributed by atoms with van der Waals surface area (Å²) in [6, 6.07) is 2.90. The second-order valence-corrected chi connectivity index (χ2v) is 5.11. The third kappa shape index (κ3) is 2.76. The zero-order valence-corrected chi connectivity index (χ0v) is 11.6. The van der Waals surface area contributed by atoms with Crippen molar-refractivity contribution >= 4 is 11.4 Å². The van der Waals surface area contributed by atoms with Crippen molar-refractivity contribution in [1.29, 1.82) is 0 Å². The Balaban J connectivity index is 2.27. The number of nitrogen functional groups attached to an aromatic ring is 1. The van der Waals surface area contributed by atoms with Gasteiger partial charge in [-0.15, -0.1) is 0 Å². The standard InChI is InChI=1S/C14H21FN2O2/c1-4-18-13-8-12(11(16)7-10(13)15)17-14(3)5-6-19-9(14)2/h7-9,17H,4-6,16H2,1-3H3. The molecule has 1 aromatic rings. The molecule has 0 aliphatic carbocycles. The lowest BCUT2D eigenvalue weighted by atomic mass is 9.94. The average molecular weight is 268 g/mol. The zero-order chi connectivity index (χ0) is 14.0. The Hall–Kier alpha value is -1.49. The molecule has 0 saturated carbocycles. The lowest BCUT2D eigenvalue weighted by Crippen LogP contribution is -2.41. The van der Waals surface area contributed by atoms with Crippen LogP contribution in [0.3, 0.4) is 0 Å². The van der Waals surface area contributed by atoms with Gasteiger partial charge in [0.2, 0.25) is 0 Å². The molecule has 5 heteroatoms. The summed E-state index contributed by atoms with van der Waals surface area (Å²) in [6.45, 7) is 7.04. The van der Waals surface area contributed by atoms with Gasteiger partial charge in [-0.3, -0.25) is 0 Å². The van der Waals surface area contributed by atoms with E-state index in [0.29, 0.717) is 24.6 Å². The molecule has 2 atom stereocenters. The van der Waals surface area contributed by atoms with Crippen LogP contribution in [-0.4, -0.2) is 24.9 Å². The minimum atomic E-state index is -0.439. The maximum atomic E-state index is 13.6. The molecule has 19 heavy (non-hydrogen) atoms. The van der Waals surface area contributed by atoms with E-state index < -0.39 is 5.82 Å². The van der Waals surface area contributed by atoms with Gasteiger partial charge in [-0.25, -0.2) is 4.39 Å². The highest BCUT2D eigenvalue weighted by Crippen LogP contribution is 2.34. The molecule has 2 rings (SSSR count). The fourth-order valence-electron chi connectivity index (χ4n) is 2.25. The zero-order valence-electron chi connectivity index (χ0n) is 11.6. The highest BCUT2D eigenvalue weighted by atomic mass is 19.1. The maximum Gasteiger partial charge on any atom is 0.167 e. The Morgan fingerprint density at radius 3 is 2.89 bits per heavy atom. The molecule has 106 valence electrons. The predicted molar refractivity (Wildman–Crippen MR) is 74.0 cm³/mol. The molecular weight excluding hydrogens is 247 g/mol. The van der Waals surface area contributed by atoms with Gasteiger partial charge in [0.1, 0.15) is 0 Å². The number of benzene rings is 1. The third-order valence-electron chi connectivity index (χ3n) is 3.71. The average Bonchev–Trinajstić information content (AvgIpc) is 2.66. The number of halogens is 1. The quantitative estimate of drug-likeness (QED) is 0.824. The van der Waals surface area contributed by atoms with Crippen LogP contribution in [0.4, 0.5) is 15.8 Å². The van der Waals surface area contributed by atoms with Gasteiger partial charge >= 0.3 is 0 Å². The number of nitrogens with two attached hydrogens (primary N) is 1. The normalized spacial score (nSPS) is 26.4. The number of anilines is 2. The SMILES string of the molecule is CCOc1cc(NC2(C)CCOC2C)c(N)cc1F. The van der Waals surface area contributed by atoms with Gasteiger partial charge in [-0.2, -0.15) is 0 Å². The van der Waals surface area contributed by atoms with Crippen LogP contribution in [0, 0.1) is 5.82 Å². The summed E-state index contributed by atoms with van der Waals surface area (Å²) < 4.78 is 24.5. The predicted octanol–water partition coefficient (Wildman–Crippen LogP) is 2.79. The maximum absolute atomic E-state index is 13.6.